The number of Topliss-reactive ketones (excluding diaryl/α,β-unsaturated/α-hetero) is 1. The molecular weight excluding hydrogens is 474 g/mol. The molecule has 2 aliphatic heterocycles. The van der Waals surface area contributed by atoms with Crippen molar-refractivity contribution >= 4 is 21.5 Å². The van der Waals surface area contributed by atoms with Gasteiger partial charge in [-0.25, -0.2) is 8.42 Å². The van der Waals surface area contributed by atoms with Crippen LogP contribution in [-0.2, 0) is 27.6 Å². The fourth-order valence-electron chi connectivity index (χ4n) is 5.74. The number of nitrogens with zero attached hydrogens (tertiary/aromatic N) is 1. The summed E-state index contributed by atoms with van der Waals surface area (Å²) in [6.07, 6.45) is 7.79. The summed E-state index contributed by atoms with van der Waals surface area (Å²) < 4.78 is 41.6. The first-order valence-corrected chi connectivity index (χ1v) is 14.8. The summed E-state index contributed by atoms with van der Waals surface area (Å²) in [5.74, 6) is 1.02. The topological polar surface area (TPSA) is 72.9 Å². The number of anilines is 1. The molecule has 0 aromatic heterocycles. The Morgan fingerprint density at radius 1 is 1.06 bits per heavy atom. The molecule has 0 amide bonds. The van der Waals surface area contributed by atoms with Crippen LogP contribution < -0.4 is 9.04 Å². The molecule has 0 radical (unpaired) electrons. The number of fused-ring (bicyclic) bond motifs is 1. The van der Waals surface area contributed by atoms with Crippen molar-refractivity contribution in [3.05, 3.63) is 53.1 Å². The predicted molar refractivity (Wildman–Crippen MR) is 140 cm³/mol. The average molecular weight is 512 g/mol. The fraction of sp³-hybridized carbons (Fsp3) is 0.552. The van der Waals surface area contributed by atoms with Gasteiger partial charge in [-0.15, -0.1) is 0 Å². The Balaban J connectivity index is 1.49. The number of rotatable bonds is 8. The van der Waals surface area contributed by atoms with Crippen molar-refractivity contribution in [1.29, 1.82) is 0 Å². The third kappa shape index (κ3) is 4.92. The van der Waals surface area contributed by atoms with E-state index in [1.165, 1.54) is 18.6 Å². The second-order valence-electron chi connectivity index (χ2n) is 10.5. The molecular formula is C29H37NO5S. The predicted octanol–water partition coefficient (Wildman–Crippen LogP) is 5.57. The van der Waals surface area contributed by atoms with Crippen LogP contribution in [-0.4, -0.2) is 40.1 Å². The highest BCUT2D eigenvalue weighted by molar-refractivity contribution is 7.92. The van der Waals surface area contributed by atoms with E-state index < -0.39 is 10.0 Å². The smallest absolute Gasteiger partial charge is 0.264 e. The van der Waals surface area contributed by atoms with Crippen LogP contribution in [0.15, 0.2) is 41.3 Å². The molecule has 36 heavy (non-hydrogen) atoms. The third-order valence-corrected chi connectivity index (χ3v) is 10.0. The number of aryl methyl sites for hydroxylation is 2. The molecule has 3 aliphatic rings. The van der Waals surface area contributed by atoms with Crippen LogP contribution in [0.25, 0.3) is 0 Å². The largest absolute Gasteiger partial charge is 0.493 e. The molecule has 2 aromatic rings. The number of carbonyl (C=O) groups excluding carboxylic acids is 1. The van der Waals surface area contributed by atoms with E-state index >= 15 is 0 Å². The van der Waals surface area contributed by atoms with Gasteiger partial charge in [0.2, 0.25) is 0 Å². The summed E-state index contributed by atoms with van der Waals surface area (Å²) in [6, 6.07) is 10.9. The molecule has 194 valence electrons. The molecule has 5 rings (SSSR count). The second-order valence-corrected chi connectivity index (χ2v) is 12.3. The Kier molecular flexibility index (Phi) is 7.40. The number of ketones is 1. The van der Waals surface area contributed by atoms with E-state index in [2.05, 4.69) is 13.0 Å². The first-order chi connectivity index (χ1) is 17.4. The van der Waals surface area contributed by atoms with E-state index in [1.807, 2.05) is 12.1 Å². The lowest BCUT2D eigenvalue weighted by Gasteiger charge is -2.45. The first kappa shape index (κ1) is 25.3. The number of benzene rings is 2. The fourth-order valence-corrected chi connectivity index (χ4v) is 7.54. The highest BCUT2D eigenvalue weighted by Crippen LogP contribution is 2.44. The van der Waals surface area contributed by atoms with Crippen LogP contribution in [0, 0.1) is 11.8 Å². The Bertz CT molecular complexity index is 1210. The number of hydrogen-bond acceptors (Lipinski definition) is 5. The van der Waals surface area contributed by atoms with Gasteiger partial charge in [0.1, 0.15) is 5.75 Å². The monoisotopic (exact) mass is 511 g/mol. The van der Waals surface area contributed by atoms with Crippen molar-refractivity contribution in [3.8, 4) is 5.75 Å². The lowest BCUT2D eigenvalue weighted by molar-refractivity contribution is 0.0495. The van der Waals surface area contributed by atoms with Gasteiger partial charge in [-0.2, -0.15) is 0 Å². The number of carbonyl (C=O) groups is 1. The lowest BCUT2D eigenvalue weighted by Crippen LogP contribution is -2.49. The first-order valence-electron chi connectivity index (χ1n) is 13.4. The molecule has 1 atom stereocenters. The minimum atomic E-state index is -3.86. The zero-order valence-corrected chi connectivity index (χ0v) is 22.2. The van der Waals surface area contributed by atoms with Gasteiger partial charge in [-0.3, -0.25) is 9.10 Å². The molecule has 0 spiro atoms. The van der Waals surface area contributed by atoms with Gasteiger partial charge in [-0.05, 0) is 99.1 Å². The van der Waals surface area contributed by atoms with Gasteiger partial charge < -0.3 is 9.47 Å². The van der Waals surface area contributed by atoms with E-state index in [0.29, 0.717) is 29.8 Å². The van der Waals surface area contributed by atoms with Crippen LogP contribution >= 0.6 is 0 Å². The van der Waals surface area contributed by atoms with Crippen LogP contribution in [0.3, 0.4) is 0 Å². The zero-order valence-electron chi connectivity index (χ0n) is 21.4. The Morgan fingerprint density at radius 3 is 2.50 bits per heavy atom. The van der Waals surface area contributed by atoms with E-state index in [0.717, 1.165) is 75.8 Å². The number of ether oxygens (including phenoxy) is 2. The third-order valence-electron chi connectivity index (χ3n) is 8.20. The van der Waals surface area contributed by atoms with Gasteiger partial charge in [0.05, 0.1) is 22.8 Å². The molecule has 1 saturated carbocycles. The van der Waals surface area contributed by atoms with Crippen LogP contribution in [0.4, 0.5) is 5.69 Å². The van der Waals surface area contributed by atoms with E-state index in [9.17, 15) is 13.2 Å². The average Bonchev–Trinajstić information content (AvgIpc) is 2.86. The molecule has 0 bridgehead atoms. The summed E-state index contributed by atoms with van der Waals surface area (Å²) in [5, 5.41) is 0. The van der Waals surface area contributed by atoms with Crippen molar-refractivity contribution in [3.63, 3.8) is 0 Å². The normalized spacial score (nSPS) is 21.1. The highest BCUT2D eigenvalue weighted by atomic mass is 32.2. The van der Waals surface area contributed by atoms with Gasteiger partial charge in [0, 0.05) is 19.3 Å². The Hall–Kier alpha value is -2.38. The minimum Gasteiger partial charge on any atom is -0.493 e. The summed E-state index contributed by atoms with van der Waals surface area (Å²) in [6.45, 7) is 5.53. The van der Waals surface area contributed by atoms with Crippen LogP contribution in [0.2, 0.25) is 0 Å². The molecule has 1 saturated heterocycles. The van der Waals surface area contributed by atoms with Gasteiger partial charge in [-0.1, -0.05) is 25.5 Å². The van der Waals surface area contributed by atoms with Crippen molar-refractivity contribution < 1.29 is 22.7 Å². The summed E-state index contributed by atoms with van der Waals surface area (Å²) in [4.78, 5) is 12.7. The van der Waals surface area contributed by atoms with Gasteiger partial charge in [0.15, 0.2) is 5.78 Å². The van der Waals surface area contributed by atoms with Crippen LogP contribution in [0.1, 0.15) is 73.9 Å². The Morgan fingerprint density at radius 2 is 1.83 bits per heavy atom. The molecule has 2 heterocycles. The Labute approximate surface area is 215 Å². The maximum absolute atomic E-state index is 14.2. The van der Waals surface area contributed by atoms with E-state index in [-0.39, 0.29) is 16.7 Å². The molecule has 1 unspecified atom stereocenters. The quantitative estimate of drug-likeness (QED) is 0.434. The standard InChI is InChI=1S/C29H37NO5S/c1-3-21-7-10-28-24(17-21)8-11-27(23-5-4-6-23)30(28)36(32,33)25-9-12-29(26(18-25)20(2)31)35-19-22-13-15-34-16-14-22/h7,9-10,12,17-18,22-23,27H,3-6,8,11,13-16,19H2,1-2H3. The molecule has 2 aromatic carbocycles. The number of sulfonamides is 1. The van der Waals surface area contributed by atoms with E-state index in [1.54, 1.807) is 16.4 Å². The second kappa shape index (κ2) is 10.5. The zero-order chi connectivity index (χ0) is 25.3. The van der Waals surface area contributed by atoms with Gasteiger partial charge >= 0.3 is 0 Å². The maximum Gasteiger partial charge on any atom is 0.264 e. The summed E-state index contributed by atoms with van der Waals surface area (Å²) in [7, 11) is -3.86. The minimum absolute atomic E-state index is 0.0473. The summed E-state index contributed by atoms with van der Waals surface area (Å²) >= 11 is 0. The van der Waals surface area contributed by atoms with Crippen molar-refractivity contribution in [2.45, 2.75) is 76.2 Å². The van der Waals surface area contributed by atoms with E-state index in [4.69, 9.17) is 9.47 Å². The molecule has 7 heteroatoms. The highest BCUT2D eigenvalue weighted by Gasteiger charge is 2.42. The lowest BCUT2D eigenvalue weighted by atomic mass is 9.76. The molecule has 1 aliphatic carbocycles. The SMILES string of the molecule is CCc1ccc2c(c1)CCC(C1CCC1)N2S(=O)(=O)c1ccc(OCC2CCOCC2)c(C(C)=O)c1. The van der Waals surface area contributed by atoms with Gasteiger partial charge in [0.25, 0.3) is 10.0 Å². The van der Waals surface area contributed by atoms with Crippen LogP contribution in [0.5, 0.6) is 5.75 Å². The van der Waals surface area contributed by atoms with Crippen molar-refractivity contribution in [1.82, 2.24) is 0 Å². The molecule has 2 fully saturated rings. The van der Waals surface area contributed by atoms with Crippen molar-refractivity contribution in [2.75, 3.05) is 24.1 Å². The maximum atomic E-state index is 14.2. The molecule has 6 nitrogen and oxygen atoms in total. The summed E-state index contributed by atoms with van der Waals surface area (Å²) in [5.41, 5.74) is 3.43. The van der Waals surface area contributed by atoms with Crippen molar-refractivity contribution in [2.24, 2.45) is 11.8 Å². The molecule has 0 N–H and O–H groups in total. The number of hydrogen-bond donors (Lipinski definition) is 0.